The van der Waals surface area contributed by atoms with Crippen molar-refractivity contribution < 1.29 is 9.53 Å². The number of carbonyl (C=O) groups excluding carboxylic acids is 1. The lowest BCUT2D eigenvalue weighted by atomic mass is 10.1. The van der Waals surface area contributed by atoms with Gasteiger partial charge in [0.2, 0.25) is 0 Å². The lowest BCUT2D eigenvalue weighted by Gasteiger charge is -2.30. The second-order valence-electron chi connectivity index (χ2n) is 7.21. The van der Waals surface area contributed by atoms with Gasteiger partial charge in [0.15, 0.2) is 0 Å². The second kappa shape index (κ2) is 7.89. The zero-order chi connectivity index (χ0) is 19.5. The van der Waals surface area contributed by atoms with Crippen LogP contribution in [0.1, 0.15) is 51.6 Å². The van der Waals surface area contributed by atoms with Gasteiger partial charge in [-0.2, -0.15) is 5.10 Å². The number of aryl methyl sites for hydroxylation is 1. The number of aromatic nitrogens is 3. The summed E-state index contributed by atoms with van der Waals surface area (Å²) in [5, 5.41) is 4.71. The molecule has 0 bridgehead atoms. The van der Waals surface area contributed by atoms with Gasteiger partial charge in [0.25, 0.3) is 0 Å². The molecule has 1 amide bonds. The highest BCUT2D eigenvalue weighted by Crippen LogP contribution is 2.27. The molecule has 0 aliphatic carbocycles. The van der Waals surface area contributed by atoms with E-state index < -0.39 is 5.60 Å². The van der Waals surface area contributed by atoms with E-state index in [-0.39, 0.29) is 6.09 Å². The Morgan fingerprint density at radius 2 is 1.85 bits per heavy atom. The number of pyridine rings is 1. The van der Waals surface area contributed by atoms with E-state index in [1.807, 2.05) is 71.3 Å². The maximum Gasteiger partial charge on any atom is 0.410 e. The van der Waals surface area contributed by atoms with Crippen LogP contribution < -0.4 is 0 Å². The predicted octanol–water partition coefficient (Wildman–Crippen LogP) is 4.34. The quantitative estimate of drug-likeness (QED) is 0.761. The molecule has 3 rings (SSSR count). The first-order valence-electron chi connectivity index (χ1n) is 9.23. The van der Waals surface area contributed by atoms with E-state index in [2.05, 4.69) is 4.98 Å². The zero-order valence-electron chi connectivity index (χ0n) is 17.0. The number of amides is 1. The third-order valence-electron chi connectivity index (χ3n) is 4.03. The van der Waals surface area contributed by atoms with E-state index in [4.69, 9.17) is 9.84 Å². The number of rotatable bonds is 1. The molecule has 26 heavy (non-hydrogen) atoms. The highest BCUT2D eigenvalue weighted by molar-refractivity contribution is 5.69. The standard InChI is InChI=1S/C18H24N4O2.C2H6/c1-12-7-6-8-14(19-12)16-13(2)15-11-21(9-10-22(15)20-16)17(23)24-18(3,4)5;1-2/h6-8H,9-11H2,1-5H3;1-2H3. The summed E-state index contributed by atoms with van der Waals surface area (Å²) in [5.41, 5.74) is 4.36. The monoisotopic (exact) mass is 358 g/mol. The maximum atomic E-state index is 12.3. The van der Waals surface area contributed by atoms with E-state index in [1.165, 1.54) is 0 Å². The second-order valence-corrected chi connectivity index (χ2v) is 7.21. The van der Waals surface area contributed by atoms with Crippen molar-refractivity contribution in [2.24, 2.45) is 0 Å². The van der Waals surface area contributed by atoms with Crippen LogP contribution in [-0.2, 0) is 17.8 Å². The van der Waals surface area contributed by atoms with Crippen molar-refractivity contribution in [1.82, 2.24) is 19.7 Å². The number of hydrogen-bond donors (Lipinski definition) is 0. The summed E-state index contributed by atoms with van der Waals surface area (Å²) in [4.78, 5) is 18.6. The van der Waals surface area contributed by atoms with Gasteiger partial charge in [0.05, 0.1) is 24.5 Å². The molecule has 1 aliphatic rings. The summed E-state index contributed by atoms with van der Waals surface area (Å²) < 4.78 is 7.47. The molecule has 0 unspecified atom stereocenters. The molecule has 0 spiro atoms. The Hall–Kier alpha value is -2.37. The first-order chi connectivity index (χ1) is 12.2. The number of nitrogens with zero attached hydrogens (tertiary/aromatic N) is 4. The molecule has 3 heterocycles. The summed E-state index contributed by atoms with van der Waals surface area (Å²) in [6, 6.07) is 5.93. The molecule has 0 aromatic carbocycles. The third-order valence-corrected chi connectivity index (χ3v) is 4.03. The molecular formula is C20H30N4O2. The largest absolute Gasteiger partial charge is 0.444 e. The molecule has 6 nitrogen and oxygen atoms in total. The molecule has 0 atom stereocenters. The lowest BCUT2D eigenvalue weighted by molar-refractivity contribution is 0.0194. The van der Waals surface area contributed by atoms with Gasteiger partial charge in [-0.05, 0) is 46.8 Å². The average Bonchev–Trinajstić information content (AvgIpc) is 2.92. The fourth-order valence-electron chi connectivity index (χ4n) is 2.85. The zero-order valence-corrected chi connectivity index (χ0v) is 17.0. The third kappa shape index (κ3) is 4.42. The molecule has 0 radical (unpaired) electrons. The first kappa shape index (κ1) is 19.9. The van der Waals surface area contributed by atoms with E-state index in [1.54, 1.807) is 4.90 Å². The van der Waals surface area contributed by atoms with E-state index in [0.29, 0.717) is 19.6 Å². The van der Waals surface area contributed by atoms with E-state index in [9.17, 15) is 4.79 Å². The minimum absolute atomic E-state index is 0.274. The van der Waals surface area contributed by atoms with Gasteiger partial charge in [-0.15, -0.1) is 0 Å². The SMILES string of the molecule is CC.Cc1cccc(-c2nn3c(c2C)CN(C(=O)OC(C)(C)C)CC3)n1. The van der Waals surface area contributed by atoms with Crippen molar-refractivity contribution in [2.45, 2.75) is 67.2 Å². The van der Waals surface area contributed by atoms with Gasteiger partial charge in [0.1, 0.15) is 11.3 Å². The molecule has 1 aliphatic heterocycles. The number of hydrogen-bond acceptors (Lipinski definition) is 4. The van der Waals surface area contributed by atoms with Gasteiger partial charge in [-0.25, -0.2) is 4.79 Å². The van der Waals surface area contributed by atoms with Crippen LogP contribution in [0.4, 0.5) is 4.79 Å². The van der Waals surface area contributed by atoms with Crippen molar-refractivity contribution in [1.29, 1.82) is 0 Å². The summed E-state index contributed by atoms with van der Waals surface area (Å²) >= 11 is 0. The molecule has 0 saturated heterocycles. The highest BCUT2D eigenvalue weighted by atomic mass is 16.6. The van der Waals surface area contributed by atoms with Crippen molar-refractivity contribution in [3.63, 3.8) is 0 Å². The van der Waals surface area contributed by atoms with Crippen LogP contribution in [0.15, 0.2) is 18.2 Å². The number of fused-ring (bicyclic) bond motifs is 1. The van der Waals surface area contributed by atoms with Crippen molar-refractivity contribution >= 4 is 6.09 Å². The lowest BCUT2D eigenvalue weighted by Crippen LogP contribution is -2.41. The predicted molar refractivity (Wildman–Crippen MR) is 103 cm³/mol. The van der Waals surface area contributed by atoms with E-state index >= 15 is 0 Å². The topological polar surface area (TPSA) is 60.2 Å². The van der Waals surface area contributed by atoms with Crippen LogP contribution in [0.5, 0.6) is 0 Å². The van der Waals surface area contributed by atoms with Crippen LogP contribution >= 0.6 is 0 Å². The fraction of sp³-hybridized carbons (Fsp3) is 0.550. The fourth-order valence-corrected chi connectivity index (χ4v) is 2.85. The molecule has 2 aromatic heterocycles. The molecule has 6 heteroatoms. The summed E-state index contributed by atoms with van der Waals surface area (Å²) in [6.45, 7) is 15.4. The smallest absolute Gasteiger partial charge is 0.410 e. The van der Waals surface area contributed by atoms with Crippen molar-refractivity contribution in [2.75, 3.05) is 6.54 Å². The molecular weight excluding hydrogens is 328 g/mol. The maximum absolute atomic E-state index is 12.3. The van der Waals surface area contributed by atoms with Crippen LogP contribution in [0, 0.1) is 13.8 Å². The number of carbonyl (C=O) groups is 1. The summed E-state index contributed by atoms with van der Waals surface area (Å²) in [5.74, 6) is 0. The van der Waals surface area contributed by atoms with Gasteiger partial charge >= 0.3 is 6.09 Å². The van der Waals surface area contributed by atoms with Crippen molar-refractivity contribution in [3.8, 4) is 11.4 Å². The minimum Gasteiger partial charge on any atom is -0.444 e. The van der Waals surface area contributed by atoms with Crippen LogP contribution in [0.2, 0.25) is 0 Å². The van der Waals surface area contributed by atoms with Gasteiger partial charge < -0.3 is 9.64 Å². The van der Waals surface area contributed by atoms with Crippen molar-refractivity contribution in [3.05, 3.63) is 35.2 Å². The Bertz CT molecular complexity index is 775. The van der Waals surface area contributed by atoms with Crippen LogP contribution in [0.25, 0.3) is 11.4 Å². The Morgan fingerprint density at radius 3 is 2.46 bits per heavy atom. The van der Waals surface area contributed by atoms with Gasteiger partial charge in [0, 0.05) is 17.8 Å². The molecule has 0 saturated carbocycles. The van der Waals surface area contributed by atoms with Gasteiger partial charge in [-0.3, -0.25) is 9.67 Å². The molecule has 142 valence electrons. The molecule has 0 N–H and O–H groups in total. The summed E-state index contributed by atoms with van der Waals surface area (Å²) in [6.07, 6.45) is -0.274. The number of ether oxygens (including phenoxy) is 1. The first-order valence-corrected chi connectivity index (χ1v) is 9.23. The summed E-state index contributed by atoms with van der Waals surface area (Å²) in [7, 11) is 0. The van der Waals surface area contributed by atoms with Gasteiger partial charge in [-0.1, -0.05) is 19.9 Å². The average molecular weight is 358 g/mol. The Kier molecular flexibility index (Phi) is 6.05. The highest BCUT2D eigenvalue weighted by Gasteiger charge is 2.28. The van der Waals surface area contributed by atoms with Crippen LogP contribution in [-0.4, -0.2) is 37.9 Å². The normalized spacial score (nSPS) is 13.6. The Labute approximate surface area is 156 Å². The molecule has 2 aromatic rings. The minimum atomic E-state index is -0.486. The Morgan fingerprint density at radius 1 is 1.15 bits per heavy atom. The molecule has 0 fully saturated rings. The van der Waals surface area contributed by atoms with Crippen LogP contribution in [0.3, 0.4) is 0 Å². The Balaban J connectivity index is 0.00000117. The van der Waals surface area contributed by atoms with E-state index in [0.717, 1.165) is 28.3 Å².